The number of carbonyl (C=O) groups is 5. The summed E-state index contributed by atoms with van der Waals surface area (Å²) in [7, 11) is 0. The molecule has 2 aliphatic rings. The Balaban J connectivity index is 1.57. The van der Waals surface area contributed by atoms with Gasteiger partial charge in [-0.15, -0.1) is 0 Å². The Morgan fingerprint density at radius 3 is 1.53 bits per heavy atom. The Morgan fingerprint density at radius 1 is 0.569 bits per heavy atom. The van der Waals surface area contributed by atoms with Crippen LogP contribution in [-0.4, -0.2) is 126 Å². The lowest BCUT2D eigenvalue weighted by molar-refractivity contribution is -0.128. The third kappa shape index (κ3) is 26.1. The maximum Gasteiger partial charge on any atom is 0.407 e. The van der Waals surface area contributed by atoms with Crippen LogP contribution < -0.4 is 21.3 Å². The fourth-order valence-electron chi connectivity index (χ4n) is 4.88. The smallest absolute Gasteiger partial charge is 0.407 e. The Bertz CT molecular complexity index is 982. The molecule has 294 valence electrons. The van der Waals surface area contributed by atoms with E-state index in [1.807, 2.05) is 6.92 Å². The highest BCUT2D eigenvalue weighted by Gasteiger charge is 2.25. The number of urea groups is 1. The number of hydrogen-bond acceptors (Lipinski definition) is 11. The summed E-state index contributed by atoms with van der Waals surface area (Å²) in [6, 6.07) is -0.372. The number of nitrogens with one attached hydrogen (secondary N) is 4. The number of carbonyl (C=O) groups excluding carboxylic acids is 5. The molecule has 2 fully saturated rings. The predicted octanol–water partition coefficient (Wildman–Crippen LogP) is 4.39. The van der Waals surface area contributed by atoms with Gasteiger partial charge in [-0.25, -0.2) is 19.2 Å². The predicted molar refractivity (Wildman–Crippen MR) is 188 cm³/mol. The Morgan fingerprint density at radius 2 is 1.02 bits per heavy atom. The van der Waals surface area contributed by atoms with Gasteiger partial charge >= 0.3 is 24.3 Å². The molecule has 0 aliphatic carbocycles. The van der Waals surface area contributed by atoms with Gasteiger partial charge in [0, 0.05) is 45.8 Å². The van der Waals surface area contributed by atoms with Crippen LogP contribution in [-0.2, 0) is 33.2 Å². The van der Waals surface area contributed by atoms with E-state index in [-0.39, 0.29) is 44.0 Å². The van der Waals surface area contributed by atoms with Crippen molar-refractivity contribution in [3.63, 3.8) is 0 Å². The molecule has 2 aliphatic heterocycles. The molecular formula is C35H63N5O11. The van der Waals surface area contributed by atoms with E-state index in [2.05, 4.69) is 21.3 Å². The minimum atomic E-state index is -0.448. The summed E-state index contributed by atoms with van der Waals surface area (Å²) in [5, 5.41) is 11.1. The third-order valence-corrected chi connectivity index (χ3v) is 8.02. The molecule has 4 N–H and O–H groups in total. The minimum absolute atomic E-state index is 0.0327. The molecule has 51 heavy (non-hydrogen) atoms. The first-order chi connectivity index (χ1) is 24.9. The van der Waals surface area contributed by atoms with Gasteiger partial charge in [-0.05, 0) is 44.9 Å². The van der Waals surface area contributed by atoms with Crippen LogP contribution in [0.15, 0.2) is 0 Å². The molecule has 16 heteroatoms. The molecule has 2 saturated heterocycles. The van der Waals surface area contributed by atoms with Crippen LogP contribution in [0.4, 0.5) is 19.2 Å². The number of unbranched alkanes of at least 4 members (excludes halogenated alkanes) is 10. The van der Waals surface area contributed by atoms with Crippen molar-refractivity contribution < 1.29 is 52.4 Å². The van der Waals surface area contributed by atoms with E-state index in [1.54, 1.807) is 0 Å². The fraction of sp³-hybridized carbons (Fsp3) is 0.857. The van der Waals surface area contributed by atoms with Gasteiger partial charge in [0.2, 0.25) is 5.91 Å². The summed E-state index contributed by atoms with van der Waals surface area (Å²) in [6.07, 6.45) is 10.6. The molecule has 2 rings (SSSR count). The fourth-order valence-corrected chi connectivity index (χ4v) is 4.88. The number of alkyl carbamates (subject to hydrolysis) is 3. The van der Waals surface area contributed by atoms with Crippen LogP contribution in [0.1, 0.15) is 103 Å². The molecule has 2 heterocycles. The molecule has 0 aromatic heterocycles. The second-order valence-corrected chi connectivity index (χ2v) is 12.8. The van der Waals surface area contributed by atoms with Gasteiger partial charge in [-0.1, -0.05) is 51.9 Å². The maximum absolute atomic E-state index is 13.1. The molecule has 0 aromatic carbocycles. The van der Waals surface area contributed by atoms with Crippen molar-refractivity contribution in [3.05, 3.63) is 0 Å². The quantitative estimate of drug-likeness (QED) is 0.0449. The molecule has 2 atom stereocenters. The van der Waals surface area contributed by atoms with Gasteiger partial charge in [0.05, 0.1) is 19.8 Å². The molecule has 0 spiro atoms. The number of rotatable bonds is 31. The van der Waals surface area contributed by atoms with Gasteiger partial charge < -0.3 is 49.7 Å². The Labute approximate surface area is 303 Å². The Hall–Kier alpha value is -3.37. The highest BCUT2D eigenvalue weighted by atomic mass is 16.6. The average Bonchev–Trinajstić information content (AvgIpc) is 4.06. The SMILES string of the molecule is CCCOCCOC(=O)NCCCCCCCC(=O)N(CCCCCCNC(=O)OCC1CO1)C(=O)NCCCCCCNC(=O)OCC1CO1. The molecule has 6 amide bonds. The molecule has 0 aromatic rings. The van der Waals surface area contributed by atoms with Gasteiger partial charge in [-0.3, -0.25) is 9.69 Å². The van der Waals surface area contributed by atoms with Crippen molar-refractivity contribution in [2.75, 3.05) is 79.0 Å². The zero-order chi connectivity index (χ0) is 36.8. The van der Waals surface area contributed by atoms with Crippen LogP contribution in [0.2, 0.25) is 0 Å². The molecule has 16 nitrogen and oxygen atoms in total. The summed E-state index contributed by atoms with van der Waals surface area (Å²) >= 11 is 0. The van der Waals surface area contributed by atoms with Crippen LogP contribution in [0.5, 0.6) is 0 Å². The standard InChI is InChI=1S/C35H63N5O11/c1-2-22-46-23-24-47-33(43)37-18-12-5-3-4-10-16-31(41)40(21-15-9-8-14-20-39-35(45)51-28-30-26-49-30)32(42)36-17-11-6-7-13-19-38-34(44)50-27-29-25-48-29/h29-30H,2-28H2,1H3,(H,36,42)(H,37,43)(H,38,44)(H,39,45). The van der Waals surface area contributed by atoms with E-state index in [0.29, 0.717) is 78.4 Å². The van der Waals surface area contributed by atoms with Gasteiger partial charge in [-0.2, -0.15) is 0 Å². The zero-order valence-corrected chi connectivity index (χ0v) is 30.7. The first-order valence-electron chi connectivity index (χ1n) is 19.0. The first-order valence-corrected chi connectivity index (χ1v) is 19.0. The number of ether oxygens (including phenoxy) is 6. The van der Waals surface area contributed by atoms with Crippen LogP contribution in [0.3, 0.4) is 0 Å². The first kappa shape index (κ1) is 43.8. The highest BCUT2D eigenvalue weighted by molar-refractivity contribution is 5.94. The zero-order valence-electron chi connectivity index (χ0n) is 30.7. The van der Waals surface area contributed by atoms with E-state index in [9.17, 15) is 24.0 Å². The lowest BCUT2D eigenvalue weighted by Crippen LogP contribution is -2.44. The number of amides is 6. The second kappa shape index (κ2) is 29.2. The second-order valence-electron chi connectivity index (χ2n) is 12.8. The van der Waals surface area contributed by atoms with E-state index >= 15 is 0 Å². The van der Waals surface area contributed by atoms with E-state index < -0.39 is 18.3 Å². The van der Waals surface area contributed by atoms with Crippen LogP contribution in [0.25, 0.3) is 0 Å². The topological polar surface area (TPSA) is 199 Å². The van der Waals surface area contributed by atoms with Crippen molar-refractivity contribution in [1.29, 1.82) is 0 Å². The summed E-state index contributed by atoms with van der Waals surface area (Å²) in [5.74, 6) is -0.185. The normalized spacial score (nSPS) is 15.7. The number of imide groups is 1. The van der Waals surface area contributed by atoms with Crippen molar-refractivity contribution in [3.8, 4) is 0 Å². The van der Waals surface area contributed by atoms with Crippen molar-refractivity contribution in [2.45, 2.75) is 115 Å². The van der Waals surface area contributed by atoms with E-state index in [4.69, 9.17) is 28.4 Å². The van der Waals surface area contributed by atoms with Crippen LogP contribution >= 0.6 is 0 Å². The van der Waals surface area contributed by atoms with Gasteiger partial charge in [0.1, 0.15) is 32.0 Å². The maximum atomic E-state index is 13.1. The van der Waals surface area contributed by atoms with Gasteiger partial charge in [0.25, 0.3) is 0 Å². The highest BCUT2D eigenvalue weighted by Crippen LogP contribution is 2.11. The average molecular weight is 730 g/mol. The summed E-state index contributed by atoms with van der Waals surface area (Å²) < 4.78 is 30.5. The number of nitrogens with zero attached hydrogens (tertiary/aromatic N) is 1. The minimum Gasteiger partial charge on any atom is -0.447 e. The van der Waals surface area contributed by atoms with Crippen molar-refractivity contribution in [1.82, 2.24) is 26.2 Å². The van der Waals surface area contributed by atoms with E-state index in [1.165, 1.54) is 4.90 Å². The van der Waals surface area contributed by atoms with Crippen molar-refractivity contribution in [2.24, 2.45) is 0 Å². The van der Waals surface area contributed by atoms with Gasteiger partial charge in [0.15, 0.2) is 0 Å². The van der Waals surface area contributed by atoms with E-state index in [0.717, 1.165) is 77.0 Å². The molecule has 0 bridgehead atoms. The lowest BCUT2D eigenvalue weighted by Gasteiger charge is -2.21. The number of epoxide rings is 2. The molecular weight excluding hydrogens is 666 g/mol. The summed E-state index contributed by atoms with van der Waals surface area (Å²) in [4.78, 5) is 62.5. The van der Waals surface area contributed by atoms with Crippen LogP contribution in [0, 0.1) is 0 Å². The largest absolute Gasteiger partial charge is 0.447 e. The third-order valence-electron chi connectivity index (χ3n) is 8.02. The summed E-state index contributed by atoms with van der Waals surface area (Å²) in [5.41, 5.74) is 0. The molecule has 0 radical (unpaired) electrons. The number of hydrogen-bond donors (Lipinski definition) is 4. The molecule has 2 unspecified atom stereocenters. The monoisotopic (exact) mass is 729 g/mol. The lowest BCUT2D eigenvalue weighted by atomic mass is 10.1. The Kier molecular flexibility index (Phi) is 25.1. The molecule has 0 saturated carbocycles. The van der Waals surface area contributed by atoms with Crippen molar-refractivity contribution >= 4 is 30.2 Å². The summed E-state index contributed by atoms with van der Waals surface area (Å²) in [6.45, 7) is 7.48.